The zero-order valence-electron chi connectivity index (χ0n) is 19.1. The number of benzene rings is 2. The van der Waals surface area contributed by atoms with Crippen LogP contribution < -0.4 is 10.9 Å². The molecule has 3 heterocycles. The lowest BCUT2D eigenvalue weighted by atomic mass is 10.1. The van der Waals surface area contributed by atoms with Crippen LogP contribution in [0.4, 0.5) is 0 Å². The third kappa shape index (κ3) is 3.67. The van der Waals surface area contributed by atoms with E-state index in [-0.39, 0.29) is 39.4 Å². The maximum absolute atomic E-state index is 13.5. The molecule has 33 heavy (non-hydrogen) atoms. The largest absolute Gasteiger partial charge is 0.463 e. The van der Waals surface area contributed by atoms with Gasteiger partial charge >= 0.3 is 0 Å². The van der Waals surface area contributed by atoms with Gasteiger partial charge in [0, 0.05) is 0 Å². The Morgan fingerprint density at radius 1 is 0.879 bits per heavy atom. The van der Waals surface area contributed by atoms with E-state index in [1.807, 2.05) is 46.8 Å². The van der Waals surface area contributed by atoms with E-state index < -0.39 is 5.54 Å². The van der Waals surface area contributed by atoms with Crippen LogP contribution >= 0.6 is 0 Å². The van der Waals surface area contributed by atoms with E-state index in [0.29, 0.717) is 21.9 Å². The van der Waals surface area contributed by atoms with Crippen LogP contribution in [0, 0.1) is 13.8 Å². The second-order valence-electron chi connectivity index (χ2n) is 9.35. The minimum Gasteiger partial charge on any atom is -0.463 e. The highest BCUT2D eigenvalue weighted by Gasteiger charge is 2.33. The molecule has 6 heteroatoms. The minimum atomic E-state index is -0.470. The fourth-order valence-electron chi connectivity index (χ4n) is 3.87. The Hall–Kier alpha value is -3.93. The van der Waals surface area contributed by atoms with Crippen LogP contribution in [0.15, 0.2) is 66.1 Å². The predicted octanol–water partition coefficient (Wildman–Crippen LogP) is 5.59. The van der Waals surface area contributed by atoms with Crippen LogP contribution in [0.2, 0.25) is 0 Å². The summed E-state index contributed by atoms with van der Waals surface area (Å²) in [6, 6.07) is 10.9. The Labute approximate surface area is 189 Å². The van der Waals surface area contributed by atoms with Crippen LogP contribution in [-0.4, -0.2) is 11.4 Å². The molecular formula is C27H23NO5. The van der Waals surface area contributed by atoms with E-state index in [9.17, 15) is 9.59 Å². The van der Waals surface area contributed by atoms with Crippen molar-refractivity contribution in [3.63, 3.8) is 0 Å². The van der Waals surface area contributed by atoms with E-state index in [1.165, 1.54) is 12.3 Å². The van der Waals surface area contributed by atoms with E-state index in [1.54, 1.807) is 24.3 Å². The number of fused-ring (bicyclic) bond motifs is 3. The summed E-state index contributed by atoms with van der Waals surface area (Å²) in [5, 5.41) is 0.911. The van der Waals surface area contributed by atoms with Crippen molar-refractivity contribution >= 4 is 39.7 Å². The Morgan fingerprint density at radius 2 is 1.52 bits per heavy atom. The first-order valence-electron chi connectivity index (χ1n) is 10.7. The third-order valence-corrected chi connectivity index (χ3v) is 5.37. The van der Waals surface area contributed by atoms with Gasteiger partial charge in [-0.15, -0.1) is 0 Å². The summed E-state index contributed by atoms with van der Waals surface area (Å²) in [4.78, 5) is 31.2. The highest BCUT2D eigenvalue weighted by molar-refractivity contribution is 6.08. The molecule has 0 saturated heterocycles. The summed E-state index contributed by atoms with van der Waals surface area (Å²) in [6.07, 6.45) is 2.90. The molecule has 5 rings (SSSR count). The second kappa shape index (κ2) is 7.30. The number of hydrogen-bond donors (Lipinski definition) is 0. The van der Waals surface area contributed by atoms with E-state index in [4.69, 9.17) is 13.6 Å². The van der Waals surface area contributed by atoms with Gasteiger partial charge < -0.3 is 13.6 Å². The molecule has 0 N–H and O–H groups in total. The molecule has 0 amide bonds. The van der Waals surface area contributed by atoms with Gasteiger partial charge in [-0.1, -0.05) is 23.3 Å². The van der Waals surface area contributed by atoms with Gasteiger partial charge in [0.05, 0.1) is 21.9 Å². The summed E-state index contributed by atoms with van der Waals surface area (Å²) >= 11 is 0. The molecule has 0 aliphatic carbocycles. The first kappa shape index (κ1) is 20.9. The van der Waals surface area contributed by atoms with Gasteiger partial charge in [0.2, 0.25) is 11.2 Å². The molecule has 0 radical (unpaired) electrons. The summed E-state index contributed by atoms with van der Waals surface area (Å²) in [5.74, 6) is 0.687. The topological polar surface area (TPSA) is 82.0 Å². The fourth-order valence-corrected chi connectivity index (χ4v) is 3.87. The molecule has 1 aliphatic rings. The average molecular weight is 441 g/mol. The summed E-state index contributed by atoms with van der Waals surface area (Å²) in [6.45, 7) is 9.59. The molecule has 4 aromatic rings. The van der Waals surface area contributed by atoms with Crippen LogP contribution in [0.3, 0.4) is 0 Å². The SMILES string of the molecule is Cc1ccc2occ(/C=C3\OC(=NC(C)(C)C)c4oc5ccc(C)cc5c(=O)c43)c(=O)c2c1. The zero-order valence-corrected chi connectivity index (χ0v) is 19.1. The smallest absolute Gasteiger partial charge is 0.260 e. The van der Waals surface area contributed by atoms with Crippen molar-refractivity contribution in [1.29, 1.82) is 0 Å². The highest BCUT2D eigenvalue weighted by atomic mass is 16.5. The minimum absolute atomic E-state index is 0.208. The maximum Gasteiger partial charge on any atom is 0.260 e. The molecule has 0 bridgehead atoms. The van der Waals surface area contributed by atoms with Gasteiger partial charge in [-0.2, -0.15) is 0 Å². The first-order valence-corrected chi connectivity index (χ1v) is 10.7. The molecule has 166 valence electrons. The number of nitrogens with zero attached hydrogens (tertiary/aromatic N) is 1. The maximum atomic E-state index is 13.5. The number of ether oxygens (including phenoxy) is 1. The standard InChI is InChI=1S/C27H23NO5/c1-14-6-8-19-17(10-14)23(29)16(13-31-19)12-21-22-24(30)18-11-15(2)7-9-20(18)32-25(22)26(33-21)28-27(3,4)5/h6-13H,1-5H3/b21-12-,28-26?. The molecule has 0 unspecified atom stereocenters. The molecule has 0 atom stereocenters. The molecule has 0 spiro atoms. The first-order chi connectivity index (χ1) is 15.6. The predicted molar refractivity (Wildman–Crippen MR) is 130 cm³/mol. The van der Waals surface area contributed by atoms with Gasteiger partial charge in [0.25, 0.3) is 5.90 Å². The molecule has 0 saturated carbocycles. The lowest BCUT2D eigenvalue weighted by Crippen LogP contribution is -2.15. The monoisotopic (exact) mass is 441 g/mol. The Kier molecular flexibility index (Phi) is 4.64. The highest BCUT2D eigenvalue weighted by Crippen LogP contribution is 2.33. The third-order valence-electron chi connectivity index (χ3n) is 5.37. The van der Waals surface area contributed by atoms with Crippen molar-refractivity contribution in [2.45, 2.75) is 40.2 Å². The van der Waals surface area contributed by atoms with Gasteiger partial charge in [-0.3, -0.25) is 9.59 Å². The Morgan fingerprint density at radius 3 is 2.18 bits per heavy atom. The van der Waals surface area contributed by atoms with Crippen molar-refractivity contribution in [1.82, 2.24) is 0 Å². The van der Waals surface area contributed by atoms with Crippen LogP contribution in [-0.2, 0) is 4.74 Å². The number of aliphatic imine (C=N–C) groups is 1. The number of hydrogen-bond acceptors (Lipinski definition) is 6. The zero-order chi connectivity index (χ0) is 23.5. The second-order valence-corrected chi connectivity index (χ2v) is 9.35. The van der Waals surface area contributed by atoms with Crippen molar-refractivity contribution in [2.24, 2.45) is 4.99 Å². The average Bonchev–Trinajstić information content (AvgIpc) is 3.06. The van der Waals surface area contributed by atoms with Gasteiger partial charge in [-0.25, -0.2) is 4.99 Å². The van der Waals surface area contributed by atoms with Gasteiger partial charge in [0.15, 0.2) is 5.43 Å². The number of rotatable bonds is 1. The van der Waals surface area contributed by atoms with E-state index >= 15 is 0 Å². The van der Waals surface area contributed by atoms with Crippen LogP contribution in [0.25, 0.3) is 33.8 Å². The molecule has 1 aliphatic heterocycles. The lowest BCUT2D eigenvalue weighted by Gasteiger charge is -2.12. The summed E-state index contributed by atoms with van der Waals surface area (Å²) in [5.41, 5.74) is 2.45. The van der Waals surface area contributed by atoms with Gasteiger partial charge in [-0.05, 0) is 65.0 Å². The Bertz CT molecular complexity index is 1630. The molecule has 0 fully saturated rings. The van der Waals surface area contributed by atoms with Gasteiger partial charge in [0.1, 0.15) is 28.8 Å². The molecule has 2 aromatic heterocycles. The fraction of sp³-hybridized carbons (Fsp3) is 0.222. The molecule has 6 nitrogen and oxygen atoms in total. The van der Waals surface area contributed by atoms with Crippen molar-refractivity contribution in [3.8, 4) is 0 Å². The normalized spacial score (nSPS) is 16.0. The van der Waals surface area contributed by atoms with Crippen molar-refractivity contribution in [2.75, 3.05) is 0 Å². The quantitative estimate of drug-likeness (QED) is 0.385. The van der Waals surface area contributed by atoms with Crippen molar-refractivity contribution in [3.05, 3.63) is 91.1 Å². The molecule has 2 aromatic carbocycles. The van der Waals surface area contributed by atoms with Crippen molar-refractivity contribution < 1.29 is 13.6 Å². The Balaban J connectivity index is 1.79. The summed E-state index contributed by atoms with van der Waals surface area (Å²) in [7, 11) is 0. The van der Waals surface area contributed by atoms with Crippen LogP contribution in [0.1, 0.15) is 48.8 Å². The van der Waals surface area contributed by atoms with E-state index in [0.717, 1.165) is 11.1 Å². The van der Waals surface area contributed by atoms with Crippen LogP contribution in [0.5, 0.6) is 0 Å². The number of aryl methyl sites for hydroxylation is 2. The summed E-state index contributed by atoms with van der Waals surface area (Å²) < 4.78 is 17.8. The van der Waals surface area contributed by atoms with E-state index in [2.05, 4.69) is 4.99 Å². The molecular weight excluding hydrogens is 418 g/mol. The lowest BCUT2D eigenvalue weighted by molar-refractivity contribution is 0.481.